The van der Waals surface area contributed by atoms with Crippen molar-refractivity contribution < 1.29 is 24.2 Å². The van der Waals surface area contributed by atoms with Gasteiger partial charge in [-0.3, -0.25) is 14.4 Å². The van der Waals surface area contributed by atoms with Crippen molar-refractivity contribution in [2.75, 3.05) is 6.54 Å². The number of nitrogens with zero attached hydrogens (tertiary/aromatic N) is 1. The molecule has 3 N–H and O–H groups in total. The molecule has 0 aliphatic rings. The van der Waals surface area contributed by atoms with Gasteiger partial charge in [0.2, 0.25) is 0 Å². The van der Waals surface area contributed by atoms with Gasteiger partial charge in [0.15, 0.2) is 0 Å². The molecule has 3 rings (SSSR count). The Morgan fingerprint density at radius 1 is 1.14 bits per heavy atom. The number of carbonyl (C=O) groups excluding carboxylic acids is 1. The van der Waals surface area contributed by atoms with Crippen molar-refractivity contribution in [2.24, 2.45) is 0 Å². The molecule has 144 valence electrons. The van der Waals surface area contributed by atoms with Crippen LogP contribution in [-0.4, -0.2) is 33.2 Å². The average molecular weight is 384 g/mol. The Morgan fingerprint density at radius 2 is 1.82 bits per heavy atom. The van der Waals surface area contributed by atoms with Gasteiger partial charge in [-0.25, -0.2) is 4.39 Å². The summed E-state index contributed by atoms with van der Waals surface area (Å²) in [6, 6.07) is 10.9. The molecule has 0 radical (unpaired) electrons. The predicted molar refractivity (Wildman–Crippen MR) is 100 cm³/mol. The van der Waals surface area contributed by atoms with E-state index >= 15 is 0 Å². The molecule has 28 heavy (non-hydrogen) atoms. The Labute approximate surface area is 158 Å². The highest BCUT2D eigenvalue weighted by Crippen LogP contribution is 2.27. The molecule has 7 nitrogen and oxygen atoms in total. The minimum atomic E-state index is -1.31. The van der Waals surface area contributed by atoms with Crippen molar-refractivity contribution in [3.05, 3.63) is 75.3 Å². The number of amides is 1. The minimum Gasteiger partial charge on any atom is -0.506 e. The fourth-order valence-corrected chi connectivity index (χ4v) is 2.90. The summed E-state index contributed by atoms with van der Waals surface area (Å²) in [6.45, 7) is 1.27. The lowest BCUT2D eigenvalue weighted by molar-refractivity contribution is -0.135. The number of benzene rings is 2. The SMILES string of the molecule is Cc1ccc(Cn2c(=O)c(C(=O)NCC(=O)O)c(O)c3cc(F)ccc32)cc1. The van der Waals surface area contributed by atoms with Crippen LogP contribution in [0.2, 0.25) is 0 Å². The molecule has 1 amide bonds. The van der Waals surface area contributed by atoms with Crippen LogP contribution in [0.5, 0.6) is 5.75 Å². The molecular weight excluding hydrogens is 367 g/mol. The number of fused-ring (bicyclic) bond motifs is 1. The first-order valence-corrected chi connectivity index (χ1v) is 8.38. The second-order valence-corrected chi connectivity index (χ2v) is 6.34. The zero-order chi connectivity index (χ0) is 20.4. The van der Waals surface area contributed by atoms with Crippen molar-refractivity contribution in [3.63, 3.8) is 0 Å². The van der Waals surface area contributed by atoms with E-state index in [0.29, 0.717) is 0 Å². The molecule has 0 fully saturated rings. The van der Waals surface area contributed by atoms with Crippen LogP contribution in [0.3, 0.4) is 0 Å². The smallest absolute Gasteiger partial charge is 0.322 e. The normalized spacial score (nSPS) is 10.8. The first kappa shape index (κ1) is 19.1. The van der Waals surface area contributed by atoms with Gasteiger partial charge in [-0.2, -0.15) is 0 Å². The minimum absolute atomic E-state index is 0.0211. The molecule has 8 heteroatoms. The number of halogens is 1. The lowest BCUT2D eigenvalue weighted by Gasteiger charge is -2.15. The molecule has 2 aromatic carbocycles. The topological polar surface area (TPSA) is 109 Å². The van der Waals surface area contributed by atoms with Crippen LogP contribution in [-0.2, 0) is 11.3 Å². The molecule has 0 aliphatic carbocycles. The number of nitrogens with one attached hydrogen (secondary N) is 1. The van der Waals surface area contributed by atoms with Gasteiger partial charge in [-0.05, 0) is 30.7 Å². The van der Waals surface area contributed by atoms with E-state index in [4.69, 9.17) is 5.11 Å². The number of hydrogen-bond donors (Lipinski definition) is 3. The largest absolute Gasteiger partial charge is 0.506 e. The molecule has 0 saturated heterocycles. The molecule has 0 saturated carbocycles. The van der Waals surface area contributed by atoms with Crippen molar-refractivity contribution in [1.29, 1.82) is 0 Å². The van der Waals surface area contributed by atoms with Crippen molar-refractivity contribution in [1.82, 2.24) is 9.88 Å². The summed E-state index contributed by atoms with van der Waals surface area (Å²) in [5.41, 5.74) is 0.606. The van der Waals surface area contributed by atoms with Gasteiger partial charge < -0.3 is 20.1 Å². The summed E-state index contributed by atoms with van der Waals surface area (Å²) >= 11 is 0. The summed E-state index contributed by atoms with van der Waals surface area (Å²) in [5, 5.41) is 21.2. The fourth-order valence-electron chi connectivity index (χ4n) is 2.90. The van der Waals surface area contributed by atoms with Crippen LogP contribution in [0, 0.1) is 12.7 Å². The first-order valence-electron chi connectivity index (χ1n) is 8.38. The van der Waals surface area contributed by atoms with Gasteiger partial charge >= 0.3 is 5.97 Å². The first-order chi connectivity index (χ1) is 13.3. The summed E-state index contributed by atoms with van der Waals surface area (Å²) in [5.74, 6) is -3.70. The number of aliphatic carboxylic acids is 1. The molecule has 3 aromatic rings. The zero-order valence-corrected chi connectivity index (χ0v) is 14.9. The number of pyridine rings is 1. The fraction of sp³-hybridized carbons (Fsp3) is 0.150. The summed E-state index contributed by atoms with van der Waals surface area (Å²) in [7, 11) is 0. The van der Waals surface area contributed by atoms with Gasteiger partial charge in [0.05, 0.1) is 12.1 Å². The molecule has 0 aliphatic heterocycles. The lowest BCUT2D eigenvalue weighted by atomic mass is 10.1. The zero-order valence-electron chi connectivity index (χ0n) is 14.9. The molecule has 1 aromatic heterocycles. The molecule has 1 heterocycles. The third-order valence-electron chi connectivity index (χ3n) is 4.29. The van der Waals surface area contributed by atoms with E-state index in [1.165, 1.54) is 10.6 Å². The second kappa shape index (κ2) is 7.51. The number of aromatic hydroxyl groups is 1. The number of hydrogen-bond acceptors (Lipinski definition) is 4. The van der Waals surface area contributed by atoms with Crippen LogP contribution in [0.25, 0.3) is 10.9 Å². The third-order valence-corrected chi connectivity index (χ3v) is 4.29. The van der Waals surface area contributed by atoms with Gasteiger partial charge in [-0.15, -0.1) is 0 Å². The van der Waals surface area contributed by atoms with Crippen LogP contribution in [0.1, 0.15) is 21.5 Å². The van der Waals surface area contributed by atoms with E-state index in [1.54, 1.807) is 0 Å². The van der Waals surface area contributed by atoms with Crippen molar-refractivity contribution in [2.45, 2.75) is 13.5 Å². The van der Waals surface area contributed by atoms with E-state index in [-0.39, 0.29) is 17.4 Å². The highest BCUT2D eigenvalue weighted by molar-refractivity contribution is 6.03. The second-order valence-electron chi connectivity index (χ2n) is 6.34. The maximum atomic E-state index is 13.7. The third kappa shape index (κ3) is 3.71. The van der Waals surface area contributed by atoms with E-state index in [2.05, 4.69) is 5.32 Å². The van der Waals surface area contributed by atoms with Gasteiger partial charge in [0, 0.05) is 5.39 Å². The molecule has 0 bridgehead atoms. The average Bonchev–Trinajstić information content (AvgIpc) is 2.65. The maximum absolute atomic E-state index is 13.7. The van der Waals surface area contributed by atoms with E-state index in [1.807, 2.05) is 31.2 Å². The van der Waals surface area contributed by atoms with E-state index in [0.717, 1.165) is 23.3 Å². The summed E-state index contributed by atoms with van der Waals surface area (Å²) in [6.07, 6.45) is 0. The highest BCUT2D eigenvalue weighted by Gasteiger charge is 2.23. The Hall–Kier alpha value is -3.68. The Kier molecular flexibility index (Phi) is 5.12. The summed E-state index contributed by atoms with van der Waals surface area (Å²) < 4.78 is 15.0. The van der Waals surface area contributed by atoms with Crippen molar-refractivity contribution >= 4 is 22.8 Å². The number of carbonyl (C=O) groups is 2. The maximum Gasteiger partial charge on any atom is 0.322 e. The molecular formula is C20H17FN2O5. The van der Waals surface area contributed by atoms with Gasteiger partial charge in [-0.1, -0.05) is 29.8 Å². The quantitative estimate of drug-likeness (QED) is 0.624. The van der Waals surface area contributed by atoms with Gasteiger partial charge in [0.25, 0.3) is 11.5 Å². The standard InChI is InChI=1S/C20H17FN2O5/c1-11-2-4-12(5-3-11)10-23-15-7-6-13(21)8-14(15)18(26)17(20(23)28)19(27)22-9-16(24)25/h2-8,26H,9-10H2,1H3,(H,22,27)(H,24,25). The number of carboxylic acids is 1. The Balaban J connectivity index is 2.20. The number of aromatic nitrogens is 1. The number of rotatable bonds is 5. The Bertz CT molecular complexity index is 1140. The number of aryl methyl sites for hydroxylation is 1. The van der Waals surface area contributed by atoms with Crippen LogP contribution in [0.15, 0.2) is 47.3 Å². The van der Waals surface area contributed by atoms with Crippen LogP contribution >= 0.6 is 0 Å². The van der Waals surface area contributed by atoms with Gasteiger partial charge in [0.1, 0.15) is 23.7 Å². The van der Waals surface area contributed by atoms with E-state index < -0.39 is 41.1 Å². The number of carboxylic acid groups (broad SMARTS) is 1. The highest BCUT2D eigenvalue weighted by atomic mass is 19.1. The van der Waals surface area contributed by atoms with E-state index in [9.17, 15) is 23.9 Å². The summed E-state index contributed by atoms with van der Waals surface area (Å²) in [4.78, 5) is 36.0. The Morgan fingerprint density at radius 3 is 2.46 bits per heavy atom. The molecule has 0 unspecified atom stereocenters. The van der Waals surface area contributed by atoms with Crippen LogP contribution < -0.4 is 10.9 Å². The van der Waals surface area contributed by atoms with Crippen LogP contribution in [0.4, 0.5) is 4.39 Å². The van der Waals surface area contributed by atoms with Crippen molar-refractivity contribution in [3.8, 4) is 5.75 Å². The predicted octanol–water partition coefficient (Wildman–Crippen LogP) is 2.02. The molecule has 0 spiro atoms. The molecule has 0 atom stereocenters. The lowest BCUT2D eigenvalue weighted by Crippen LogP contribution is -2.36. The monoisotopic (exact) mass is 384 g/mol.